The van der Waals surface area contributed by atoms with Gasteiger partial charge in [0.15, 0.2) is 0 Å². The van der Waals surface area contributed by atoms with E-state index < -0.39 is 30.0 Å². The highest BCUT2D eigenvalue weighted by molar-refractivity contribution is 6.08. The lowest BCUT2D eigenvalue weighted by molar-refractivity contribution is -0.142. The molecule has 2 rings (SSSR count). The number of ether oxygens (including phenoxy) is 1. The highest BCUT2D eigenvalue weighted by atomic mass is 16.5. The second-order valence-electron chi connectivity index (χ2n) is 5.53. The molecule has 0 bridgehead atoms. The Hall–Kier alpha value is -2.57. The third kappa shape index (κ3) is 2.88. The van der Waals surface area contributed by atoms with E-state index in [4.69, 9.17) is 9.84 Å². The Morgan fingerprint density at radius 3 is 2.41 bits per heavy atom. The van der Waals surface area contributed by atoms with Crippen LogP contribution in [0.15, 0.2) is 24.3 Å². The lowest BCUT2D eigenvalue weighted by Crippen LogP contribution is -2.41. The standard InChI is InChI=1S/C15H18N2O5/c1-9(2)22-11-6-4-10(5-7-11)15(3)13(20)17(8-12(18)19)14(21)16-15/h4-7,9H,8H2,1-3H3,(H,16,21)(H,18,19). The number of amides is 3. The number of imide groups is 1. The molecule has 118 valence electrons. The number of benzene rings is 1. The molecule has 1 aromatic rings. The largest absolute Gasteiger partial charge is 0.491 e. The molecule has 0 spiro atoms. The molecule has 7 heteroatoms. The van der Waals surface area contributed by atoms with Crippen molar-refractivity contribution in [2.45, 2.75) is 32.4 Å². The lowest BCUT2D eigenvalue weighted by atomic mass is 9.92. The molecule has 1 unspecified atom stereocenters. The van der Waals surface area contributed by atoms with Crippen molar-refractivity contribution in [3.05, 3.63) is 29.8 Å². The number of carboxylic acid groups (broad SMARTS) is 1. The van der Waals surface area contributed by atoms with E-state index in [1.807, 2.05) is 13.8 Å². The summed E-state index contributed by atoms with van der Waals surface area (Å²) in [5.41, 5.74) is -0.710. The van der Waals surface area contributed by atoms with Crippen LogP contribution in [-0.4, -0.2) is 40.6 Å². The van der Waals surface area contributed by atoms with E-state index in [-0.39, 0.29) is 6.10 Å². The second kappa shape index (κ2) is 5.67. The minimum absolute atomic E-state index is 0.0281. The molecule has 1 aliphatic rings. The molecule has 2 N–H and O–H groups in total. The van der Waals surface area contributed by atoms with Gasteiger partial charge >= 0.3 is 12.0 Å². The number of urea groups is 1. The first-order valence-corrected chi connectivity index (χ1v) is 6.87. The van der Waals surface area contributed by atoms with Crippen molar-refractivity contribution < 1.29 is 24.2 Å². The summed E-state index contributed by atoms with van der Waals surface area (Å²) in [5, 5.41) is 11.3. The van der Waals surface area contributed by atoms with Crippen LogP contribution in [0.4, 0.5) is 4.79 Å². The van der Waals surface area contributed by atoms with Gasteiger partial charge in [0.05, 0.1) is 6.10 Å². The Morgan fingerprint density at radius 1 is 1.32 bits per heavy atom. The number of nitrogens with one attached hydrogen (secondary N) is 1. The third-order valence-electron chi connectivity index (χ3n) is 3.37. The van der Waals surface area contributed by atoms with Crippen LogP contribution in [0.5, 0.6) is 5.75 Å². The first kappa shape index (κ1) is 15.8. The van der Waals surface area contributed by atoms with Crippen molar-refractivity contribution in [1.82, 2.24) is 10.2 Å². The summed E-state index contributed by atoms with van der Waals surface area (Å²) in [5.74, 6) is -1.17. The predicted molar refractivity (Wildman–Crippen MR) is 77.4 cm³/mol. The van der Waals surface area contributed by atoms with Gasteiger partial charge in [-0.05, 0) is 38.5 Å². The van der Waals surface area contributed by atoms with Crippen LogP contribution in [0.2, 0.25) is 0 Å². The van der Waals surface area contributed by atoms with Crippen molar-refractivity contribution in [3.63, 3.8) is 0 Å². The number of hydrogen-bond donors (Lipinski definition) is 2. The second-order valence-corrected chi connectivity index (χ2v) is 5.53. The molecular formula is C15H18N2O5. The van der Waals surface area contributed by atoms with Gasteiger partial charge in [0.25, 0.3) is 5.91 Å². The fourth-order valence-corrected chi connectivity index (χ4v) is 2.31. The summed E-state index contributed by atoms with van der Waals surface area (Å²) in [4.78, 5) is 35.7. The molecule has 0 aliphatic carbocycles. The maximum absolute atomic E-state index is 12.4. The van der Waals surface area contributed by atoms with Gasteiger partial charge in [-0.3, -0.25) is 14.5 Å². The summed E-state index contributed by atoms with van der Waals surface area (Å²) < 4.78 is 5.53. The lowest BCUT2D eigenvalue weighted by Gasteiger charge is -2.22. The SMILES string of the molecule is CC(C)Oc1ccc(C2(C)NC(=O)N(CC(=O)O)C2=O)cc1. The van der Waals surface area contributed by atoms with Crippen LogP contribution in [0.3, 0.4) is 0 Å². The summed E-state index contributed by atoms with van der Waals surface area (Å²) in [6.45, 7) is 4.70. The molecule has 0 saturated carbocycles. The van der Waals surface area contributed by atoms with Gasteiger partial charge in [0.2, 0.25) is 0 Å². The number of hydrogen-bond acceptors (Lipinski definition) is 4. The van der Waals surface area contributed by atoms with E-state index in [0.29, 0.717) is 16.2 Å². The van der Waals surface area contributed by atoms with Gasteiger partial charge in [-0.15, -0.1) is 0 Å². The summed E-state index contributed by atoms with van der Waals surface area (Å²) in [6, 6.07) is 6.07. The predicted octanol–water partition coefficient (Wildman–Crippen LogP) is 1.33. The fraction of sp³-hybridized carbons (Fsp3) is 0.400. The van der Waals surface area contributed by atoms with Crippen molar-refractivity contribution >= 4 is 17.9 Å². The van der Waals surface area contributed by atoms with Crippen LogP contribution in [0, 0.1) is 0 Å². The van der Waals surface area contributed by atoms with E-state index in [9.17, 15) is 14.4 Å². The van der Waals surface area contributed by atoms with E-state index in [2.05, 4.69) is 5.32 Å². The van der Waals surface area contributed by atoms with Gasteiger partial charge in [-0.1, -0.05) is 12.1 Å². The first-order valence-electron chi connectivity index (χ1n) is 6.87. The molecule has 1 aliphatic heterocycles. The summed E-state index contributed by atoms with van der Waals surface area (Å²) in [6.07, 6.45) is 0.0281. The summed E-state index contributed by atoms with van der Waals surface area (Å²) in [7, 11) is 0. The fourth-order valence-electron chi connectivity index (χ4n) is 2.31. The molecule has 1 heterocycles. The number of aliphatic carboxylic acids is 1. The smallest absolute Gasteiger partial charge is 0.325 e. The molecule has 1 fully saturated rings. The van der Waals surface area contributed by atoms with Gasteiger partial charge in [0, 0.05) is 0 Å². The average molecular weight is 306 g/mol. The maximum Gasteiger partial charge on any atom is 0.325 e. The van der Waals surface area contributed by atoms with Crippen molar-refractivity contribution in [2.75, 3.05) is 6.54 Å². The zero-order valence-electron chi connectivity index (χ0n) is 12.6. The topological polar surface area (TPSA) is 95.9 Å². The highest BCUT2D eigenvalue weighted by Crippen LogP contribution is 2.30. The highest BCUT2D eigenvalue weighted by Gasteiger charge is 2.49. The van der Waals surface area contributed by atoms with Crippen LogP contribution < -0.4 is 10.1 Å². The monoisotopic (exact) mass is 306 g/mol. The van der Waals surface area contributed by atoms with Gasteiger partial charge in [-0.2, -0.15) is 0 Å². The minimum atomic E-state index is -1.27. The van der Waals surface area contributed by atoms with Gasteiger partial charge < -0.3 is 15.2 Å². The Labute approximate surface area is 127 Å². The molecule has 7 nitrogen and oxygen atoms in total. The average Bonchev–Trinajstić information content (AvgIpc) is 2.63. The molecule has 22 heavy (non-hydrogen) atoms. The van der Waals surface area contributed by atoms with Crippen molar-refractivity contribution in [2.24, 2.45) is 0 Å². The molecule has 1 aromatic carbocycles. The molecule has 1 saturated heterocycles. The normalized spacial score (nSPS) is 21.2. The molecule has 0 radical (unpaired) electrons. The van der Waals surface area contributed by atoms with Crippen LogP contribution in [-0.2, 0) is 15.1 Å². The van der Waals surface area contributed by atoms with E-state index in [0.717, 1.165) is 0 Å². The van der Waals surface area contributed by atoms with Crippen LogP contribution in [0.25, 0.3) is 0 Å². The molecule has 0 aromatic heterocycles. The minimum Gasteiger partial charge on any atom is -0.491 e. The number of nitrogens with zero attached hydrogens (tertiary/aromatic N) is 1. The molecule has 1 atom stereocenters. The Bertz CT molecular complexity index is 611. The Balaban J connectivity index is 2.25. The van der Waals surface area contributed by atoms with Crippen molar-refractivity contribution in [1.29, 1.82) is 0 Å². The maximum atomic E-state index is 12.4. The quantitative estimate of drug-likeness (QED) is 0.800. The van der Waals surface area contributed by atoms with Crippen LogP contribution in [0.1, 0.15) is 26.3 Å². The van der Waals surface area contributed by atoms with E-state index in [1.54, 1.807) is 31.2 Å². The number of rotatable bonds is 5. The van der Waals surface area contributed by atoms with Crippen LogP contribution >= 0.6 is 0 Å². The Morgan fingerprint density at radius 2 is 1.91 bits per heavy atom. The van der Waals surface area contributed by atoms with Gasteiger partial charge in [-0.25, -0.2) is 4.79 Å². The Kier molecular flexibility index (Phi) is 4.07. The van der Waals surface area contributed by atoms with Crippen molar-refractivity contribution in [3.8, 4) is 5.75 Å². The molecular weight excluding hydrogens is 288 g/mol. The summed E-state index contributed by atoms with van der Waals surface area (Å²) >= 11 is 0. The first-order chi connectivity index (χ1) is 10.2. The third-order valence-corrected chi connectivity index (χ3v) is 3.37. The number of carboxylic acids is 1. The van der Waals surface area contributed by atoms with E-state index in [1.165, 1.54) is 0 Å². The number of carbonyl (C=O) groups excluding carboxylic acids is 2. The number of carbonyl (C=O) groups is 3. The van der Waals surface area contributed by atoms with E-state index >= 15 is 0 Å². The molecule has 3 amide bonds. The van der Waals surface area contributed by atoms with Gasteiger partial charge in [0.1, 0.15) is 17.8 Å². The zero-order chi connectivity index (χ0) is 16.5. The zero-order valence-corrected chi connectivity index (χ0v) is 12.6.